The molecule has 8 nitrogen and oxygen atoms in total. The van der Waals surface area contributed by atoms with Crippen molar-refractivity contribution in [3.63, 3.8) is 0 Å². The molecular formula is C22H17ClN4O4S. The van der Waals surface area contributed by atoms with Crippen molar-refractivity contribution in [1.82, 2.24) is 9.97 Å². The molecule has 0 spiro atoms. The van der Waals surface area contributed by atoms with E-state index in [0.717, 1.165) is 10.8 Å². The number of aromatic nitrogens is 2. The number of anilines is 2. The van der Waals surface area contributed by atoms with E-state index in [4.69, 9.17) is 16.3 Å². The topological polar surface area (TPSA) is 110 Å². The van der Waals surface area contributed by atoms with E-state index in [1.54, 1.807) is 12.3 Å². The number of ether oxygens (including phenoxy) is 1. The van der Waals surface area contributed by atoms with Crippen LogP contribution in [0.4, 0.5) is 11.4 Å². The van der Waals surface area contributed by atoms with Crippen LogP contribution in [0.3, 0.4) is 0 Å². The first-order valence-electron chi connectivity index (χ1n) is 9.39. The van der Waals surface area contributed by atoms with Gasteiger partial charge in [0, 0.05) is 30.3 Å². The predicted octanol–water partition coefficient (Wildman–Crippen LogP) is 4.83. The van der Waals surface area contributed by atoms with Gasteiger partial charge in [-0.3, -0.25) is 9.52 Å². The largest absolute Gasteiger partial charge is 0.419 e. The van der Waals surface area contributed by atoms with Gasteiger partial charge in [-0.1, -0.05) is 35.9 Å². The van der Waals surface area contributed by atoms with Crippen LogP contribution in [0.1, 0.15) is 6.92 Å². The van der Waals surface area contributed by atoms with Crippen LogP contribution in [0.2, 0.25) is 5.02 Å². The Balaban J connectivity index is 1.50. The van der Waals surface area contributed by atoms with Crippen molar-refractivity contribution >= 4 is 49.7 Å². The summed E-state index contributed by atoms with van der Waals surface area (Å²) in [6.45, 7) is 1.37. The standard InChI is InChI=1S/C22H17ClN4O4S/c1-14(28)26-17-6-8-19(9-7-17)32(29,30)27-18-11-20(23)22(25-13-18)31-21-10-15-4-2-3-5-16(15)12-24-21/h2-13,27H,1H3,(H,26,28). The average Bonchev–Trinajstić information content (AvgIpc) is 2.75. The fraction of sp³-hybridized carbons (Fsp3) is 0.0455. The highest BCUT2D eigenvalue weighted by Crippen LogP contribution is 2.30. The number of benzene rings is 2. The van der Waals surface area contributed by atoms with Gasteiger partial charge in [0.15, 0.2) is 0 Å². The summed E-state index contributed by atoms with van der Waals surface area (Å²) in [7, 11) is -3.89. The number of rotatable bonds is 6. The molecule has 0 unspecified atom stereocenters. The molecule has 0 aliphatic heterocycles. The smallest absolute Gasteiger partial charge is 0.261 e. The van der Waals surface area contributed by atoms with Crippen molar-refractivity contribution in [3.05, 3.63) is 78.1 Å². The van der Waals surface area contributed by atoms with Crippen molar-refractivity contribution in [1.29, 1.82) is 0 Å². The molecular weight excluding hydrogens is 452 g/mol. The van der Waals surface area contributed by atoms with E-state index in [1.807, 2.05) is 24.3 Å². The Morgan fingerprint density at radius 1 is 0.938 bits per heavy atom. The lowest BCUT2D eigenvalue weighted by atomic mass is 10.2. The molecule has 0 bridgehead atoms. The van der Waals surface area contributed by atoms with Crippen molar-refractivity contribution in [2.24, 2.45) is 0 Å². The summed E-state index contributed by atoms with van der Waals surface area (Å²) in [5.41, 5.74) is 0.657. The number of hydrogen-bond acceptors (Lipinski definition) is 6. The lowest BCUT2D eigenvalue weighted by molar-refractivity contribution is -0.114. The van der Waals surface area contributed by atoms with E-state index in [0.29, 0.717) is 11.6 Å². The summed E-state index contributed by atoms with van der Waals surface area (Å²) < 4.78 is 33.4. The third kappa shape index (κ3) is 4.96. The molecule has 4 rings (SSSR count). The van der Waals surface area contributed by atoms with Gasteiger partial charge in [0.25, 0.3) is 10.0 Å². The first kappa shape index (κ1) is 21.5. The van der Waals surface area contributed by atoms with Crippen LogP contribution in [0.5, 0.6) is 11.8 Å². The molecule has 10 heteroatoms. The van der Waals surface area contributed by atoms with Crippen molar-refractivity contribution < 1.29 is 17.9 Å². The van der Waals surface area contributed by atoms with E-state index in [2.05, 4.69) is 20.0 Å². The van der Waals surface area contributed by atoms with E-state index in [9.17, 15) is 13.2 Å². The Kier molecular flexibility index (Phi) is 5.93. The van der Waals surface area contributed by atoms with Crippen LogP contribution in [0.25, 0.3) is 10.8 Å². The molecule has 0 radical (unpaired) electrons. The van der Waals surface area contributed by atoms with E-state index < -0.39 is 10.0 Å². The Hall–Kier alpha value is -3.69. The highest BCUT2D eigenvalue weighted by molar-refractivity contribution is 7.92. The highest BCUT2D eigenvalue weighted by atomic mass is 35.5. The number of sulfonamides is 1. The molecule has 0 aliphatic carbocycles. The number of pyridine rings is 2. The van der Waals surface area contributed by atoms with E-state index in [1.165, 1.54) is 43.5 Å². The number of carbonyl (C=O) groups is 1. The summed E-state index contributed by atoms with van der Waals surface area (Å²) in [6.07, 6.45) is 2.98. The monoisotopic (exact) mass is 468 g/mol. The van der Waals surface area contributed by atoms with Gasteiger partial charge >= 0.3 is 0 Å². The number of fused-ring (bicyclic) bond motifs is 1. The van der Waals surface area contributed by atoms with Crippen molar-refractivity contribution in [2.45, 2.75) is 11.8 Å². The van der Waals surface area contributed by atoms with Gasteiger partial charge in [0.05, 0.1) is 16.8 Å². The third-order valence-corrected chi connectivity index (χ3v) is 6.02. The van der Waals surface area contributed by atoms with Crippen molar-refractivity contribution in [2.75, 3.05) is 10.0 Å². The number of carbonyl (C=O) groups excluding carboxylic acids is 1. The second kappa shape index (κ2) is 8.81. The number of nitrogens with one attached hydrogen (secondary N) is 2. The molecule has 0 saturated carbocycles. The van der Waals surface area contributed by atoms with Gasteiger partial charge in [-0.05, 0) is 35.7 Å². The zero-order valence-corrected chi connectivity index (χ0v) is 18.3. The Labute approximate surface area is 189 Å². The minimum Gasteiger partial charge on any atom is -0.419 e. The molecule has 0 aliphatic rings. The quantitative estimate of drug-likeness (QED) is 0.419. The maximum absolute atomic E-state index is 12.6. The van der Waals surface area contributed by atoms with E-state index in [-0.39, 0.29) is 27.4 Å². The first-order chi connectivity index (χ1) is 15.3. The third-order valence-electron chi connectivity index (χ3n) is 4.35. The normalized spacial score (nSPS) is 11.2. The number of amides is 1. The second-order valence-electron chi connectivity index (χ2n) is 6.79. The lowest BCUT2D eigenvalue weighted by Crippen LogP contribution is -2.13. The molecule has 0 fully saturated rings. The molecule has 0 saturated heterocycles. The molecule has 2 N–H and O–H groups in total. The molecule has 2 aromatic heterocycles. The molecule has 2 heterocycles. The van der Waals surface area contributed by atoms with Crippen LogP contribution in [0.15, 0.2) is 78.0 Å². The highest BCUT2D eigenvalue weighted by Gasteiger charge is 2.16. The van der Waals surface area contributed by atoms with Gasteiger partial charge in [-0.15, -0.1) is 0 Å². The van der Waals surface area contributed by atoms with Crippen molar-refractivity contribution in [3.8, 4) is 11.8 Å². The Bertz CT molecular complexity index is 1410. The average molecular weight is 469 g/mol. The molecule has 32 heavy (non-hydrogen) atoms. The van der Waals surface area contributed by atoms with Crippen LogP contribution in [-0.2, 0) is 14.8 Å². The SMILES string of the molecule is CC(=O)Nc1ccc(S(=O)(=O)Nc2cnc(Oc3cc4ccccc4cn3)c(Cl)c2)cc1. The number of halogens is 1. The minimum absolute atomic E-state index is 0.0171. The number of hydrogen-bond donors (Lipinski definition) is 2. The second-order valence-corrected chi connectivity index (χ2v) is 8.88. The number of nitrogens with zero attached hydrogens (tertiary/aromatic N) is 2. The summed E-state index contributed by atoms with van der Waals surface area (Å²) >= 11 is 6.25. The Morgan fingerprint density at radius 2 is 1.66 bits per heavy atom. The lowest BCUT2D eigenvalue weighted by Gasteiger charge is -2.11. The Morgan fingerprint density at radius 3 is 2.34 bits per heavy atom. The summed E-state index contributed by atoms with van der Waals surface area (Å²) in [5, 5.41) is 4.60. The molecule has 1 amide bonds. The van der Waals surface area contributed by atoms with Crippen LogP contribution >= 0.6 is 11.6 Å². The predicted molar refractivity (Wildman–Crippen MR) is 123 cm³/mol. The maximum atomic E-state index is 12.6. The van der Waals surface area contributed by atoms with Crippen LogP contribution in [-0.4, -0.2) is 24.3 Å². The molecule has 162 valence electrons. The fourth-order valence-electron chi connectivity index (χ4n) is 2.91. The zero-order chi connectivity index (χ0) is 22.7. The van der Waals surface area contributed by atoms with Gasteiger partial charge in [0.2, 0.25) is 17.7 Å². The van der Waals surface area contributed by atoms with Gasteiger partial charge in [-0.2, -0.15) is 0 Å². The molecule has 2 aromatic carbocycles. The van der Waals surface area contributed by atoms with E-state index >= 15 is 0 Å². The maximum Gasteiger partial charge on any atom is 0.261 e. The van der Waals surface area contributed by atoms with Gasteiger partial charge in [0.1, 0.15) is 5.02 Å². The summed E-state index contributed by atoms with van der Waals surface area (Å²) in [6, 6.07) is 16.6. The fourth-order valence-corrected chi connectivity index (χ4v) is 4.15. The van der Waals surface area contributed by atoms with Gasteiger partial charge < -0.3 is 10.1 Å². The van der Waals surface area contributed by atoms with Crippen LogP contribution < -0.4 is 14.8 Å². The molecule has 0 atom stereocenters. The summed E-state index contributed by atoms with van der Waals surface area (Å²) in [5.74, 6) is 0.156. The summed E-state index contributed by atoms with van der Waals surface area (Å²) in [4.78, 5) is 19.5. The zero-order valence-electron chi connectivity index (χ0n) is 16.7. The first-order valence-corrected chi connectivity index (χ1v) is 11.2. The van der Waals surface area contributed by atoms with Crippen LogP contribution in [0, 0.1) is 0 Å². The minimum atomic E-state index is -3.89. The van der Waals surface area contributed by atoms with Gasteiger partial charge in [-0.25, -0.2) is 18.4 Å². The molecule has 4 aromatic rings.